The highest BCUT2D eigenvalue weighted by Crippen LogP contribution is 2.11. The number of benzene rings is 1. The lowest BCUT2D eigenvalue weighted by Crippen LogP contribution is -2.39. The van der Waals surface area contributed by atoms with E-state index in [1.54, 1.807) is 7.11 Å². The number of nitrogens with one attached hydrogen (secondary N) is 2. The summed E-state index contributed by atoms with van der Waals surface area (Å²) in [4.78, 5) is 2.43. The van der Waals surface area contributed by atoms with Crippen molar-refractivity contribution in [3.63, 3.8) is 0 Å². The fraction of sp³-hybridized carbons (Fsp3) is 0.562. The van der Waals surface area contributed by atoms with Crippen LogP contribution < -0.4 is 15.4 Å². The predicted octanol–water partition coefficient (Wildman–Crippen LogP) is 1.38. The van der Waals surface area contributed by atoms with Crippen LogP contribution in [0.25, 0.3) is 0 Å². The maximum atomic E-state index is 5.34. The molecule has 2 rings (SSSR count). The summed E-state index contributed by atoms with van der Waals surface area (Å²) in [6.07, 6.45) is 1.08. The van der Waals surface area contributed by atoms with Gasteiger partial charge >= 0.3 is 0 Å². The van der Waals surface area contributed by atoms with Crippen molar-refractivity contribution < 1.29 is 9.47 Å². The molecular formula is C16H25N3O2S. The van der Waals surface area contributed by atoms with Crippen LogP contribution in [0.3, 0.4) is 0 Å². The number of hydrogen-bond acceptors (Lipinski definition) is 4. The first-order valence-corrected chi connectivity index (χ1v) is 8.13. The molecule has 1 saturated heterocycles. The van der Waals surface area contributed by atoms with Gasteiger partial charge in [0, 0.05) is 26.2 Å². The first-order valence-electron chi connectivity index (χ1n) is 7.72. The van der Waals surface area contributed by atoms with Crippen molar-refractivity contribution >= 4 is 17.3 Å². The number of methoxy groups -OCH3 is 1. The Morgan fingerprint density at radius 2 is 2.14 bits per heavy atom. The summed E-state index contributed by atoms with van der Waals surface area (Å²) in [7, 11) is 1.67. The molecular weight excluding hydrogens is 298 g/mol. The van der Waals surface area contributed by atoms with Gasteiger partial charge in [-0.15, -0.1) is 0 Å². The number of ether oxygens (including phenoxy) is 2. The van der Waals surface area contributed by atoms with Crippen molar-refractivity contribution in [1.29, 1.82) is 0 Å². The summed E-state index contributed by atoms with van der Waals surface area (Å²) in [6.45, 7) is 6.47. The zero-order valence-electron chi connectivity index (χ0n) is 13.1. The van der Waals surface area contributed by atoms with Gasteiger partial charge < -0.3 is 20.1 Å². The van der Waals surface area contributed by atoms with Gasteiger partial charge in [0.2, 0.25) is 0 Å². The summed E-state index contributed by atoms with van der Waals surface area (Å²) in [5.74, 6) is 0.865. The lowest BCUT2D eigenvalue weighted by molar-refractivity contribution is 0.0376. The number of morpholine rings is 1. The SMILES string of the molecule is COc1cccc(CNC(=S)NCCCN2CCOCC2)c1. The van der Waals surface area contributed by atoms with Crippen molar-refractivity contribution in [3.05, 3.63) is 29.8 Å². The van der Waals surface area contributed by atoms with Gasteiger partial charge in [-0.3, -0.25) is 4.90 Å². The minimum Gasteiger partial charge on any atom is -0.497 e. The molecule has 2 N–H and O–H groups in total. The molecule has 0 saturated carbocycles. The van der Waals surface area contributed by atoms with Gasteiger partial charge in [0.1, 0.15) is 5.75 Å². The molecule has 0 radical (unpaired) electrons. The molecule has 0 unspecified atom stereocenters. The molecule has 1 fully saturated rings. The molecule has 1 aliphatic heterocycles. The summed E-state index contributed by atoms with van der Waals surface area (Å²) >= 11 is 5.30. The quantitative estimate of drug-likeness (QED) is 0.584. The third kappa shape index (κ3) is 6.17. The second-order valence-electron chi connectivity index (χ2n) is 5.27. The summed E-state index contributed by atoms with van der Waals surface area (Å²) in [5.41, 5.74) is 1.15. The van der Waals surface area contributed by atoms with E-state index in [0.29, 0.717) is 11.7 Å². The van der Waals surface area contributed by atoms with E-state index in [0.717, 1.165) is 57.1 Å². The van der Waals surface area contributed by atoms with Gasteiger partial charge in [-0.2, -0.15) is 0 Å². The van der Waals surface area contributed by atoms with Gasteiger partial charge in [-0.05, 0) is 42.9 Å². The van der Waals surface area contributed by atoms with E-state index in [-0.39, 0.29) is 0 Å². The van der Waals surface area contributed by atoms with E-state index >= 15 is 0 Å². The molecule has 1 aromatic rings. The Balaban J connectivity index is 1.57. The summed E-state index contributed by atoms with van der Waals surface area (Å²) in [6, 6.07) is 7.98. The second-order valence-corrected chi connectivity index (χ2v) is 5.68. The van der Waals surface area contributed by atoms with Crippen LogP contribution in [0.5, 0.6) is 5.75 Å². The molecule has 0 aliphatic carbocycles. The average Bonchev–Trinajstić information content (AvgIpc) is 2.58. The topological polar surface area (TPSA) is 45.8 Å². The van der Waals surface area contributed by atoms with Crippen LogP contribution in [-0.4, -0.2) is 56.5 Å². The zero-order chi connectivity index (χ0) is 15.6. The third-order valence-electron chi connectivity index (χ3n) is 3.63. The van der Waals surface area contributed by atoms with Crippen LogP contribution in [-0.2, 0) is 11.3 Å². The first kappa shape index (κ1) is 17.0. The minimum atomic E-state index is 0.699. The Hall–Kier alpha value is -1.37. The highest BCUT2D eigenvalue weighted by atomic mass is 32.1. The van der Waals surface area contributed by atoms with Crippen molar-refractivity contribution in [2.24, 2.45) is 0 Å². The van der Waals surface area contributed by atoms with Crippen molar-refractivity contribution in [2.75, 3.05) is 46.5 Å². The van der Waals surface area contributed by atoms with Crippen LogP contribution in [0.1, 0.15) is 12.0 Å². The average molecular weight is 323 g/mol. The van der Waals surface area contributed by atoms with Crippen molar-refractivity contribution in [2.45, 2.75) is 13.0 Å². The Morgan fingerprint density at radius 3 is 2.91 bits per heavy atom. The third-order valence-corrected chi connectivity index (χ3v) is 3.92. The zero-order valence-corrected chi connectivity index (χ0v) is 14.0. The highest BCUT2D eigenvalue weighted by Gasteiger charge is 2.09. The van der Waals surface area contributed by atoms with Gasteiger partial charge in [-0.1, -0.05) is 12.1 Å². The normalized spacial score (nSPS) is 15.3. The largest absolute Gasteiger partial charge is 0.497 e. The molecule has 6 heteroatoms. The molecule has 122 valence electrons. The second kappa shape index (κ2) is 9.61. The smallest absolute Gasteiger partial charge is 0.166 e. The van der Waals surface area contributed by atoms with Gasteiger partial charge in [0.25, 0.3) is 0 Å². The Labute approximate surface area is 138 Å². The van der Waals surface area contributed by atoms with E-state index in [4.69, 9.17) is 21.7 Å². The molecule has 1 aliphatic rings. The van der Waals surface area contributed by atoms with Crippen LogP contribution in [0, 0.1) is 0 Å². The number of thiocarbonyl (C=S) groups is 1. The van der Waals surface area contributed by atoms with Crippen molar-refractivity contribution in [1.82, 2.24) is 15.5 Å². The van der Waals surface area contributed by atoms with E-state index < -0.39 is 0 Å². The minimum absolute atomic E-state index is 0.699. The maximum absolute atomic E-state index is 5.34. The predicted molar refractivity (Wildman–Crippen MR) is 92.3 cm³/mol. The maximum Gasteiger partial charge on any atom is 0.166 e. The summed E-state index contributed by atoms with van der Waals surface area (Å²) < 4.78 is 10.5. The molecule has 5 nitrogen and oxygen atoms in total. The fourth-order valence-corrected chi connectivity index (χ4v) is 2.53. The van der Waals surface area contributed by atoms with Gasteiger partial charge in [0.05, 0.1) is 20.3 Å². The van der Waals surface area contributed by atoms with Crippen molar-refractivity contribution in [3.8, 4) is 5.75 Å². The number of rotatable bonds is 7. The standard InChI is InChI=1S/C16H25N3O2S/c1-20-15-5-2-4-14(12-15)13-18-16(22)17-6-3-7-19-8-10-21-11-9-19/h2,4-5,12H,3,6-11,13H2,1H3,(H2,17,18,22). The molecule has 0 amide bonds. The molecule has 1 heterocycles. The van der Waals surface area contributed by atoms with Crippen LogP contribution in [0.15, 0.2) is 24.3 Å². The lowest BCUT2D eigenvalue weighted by atomic mass is 10.2. The van der Waals surface area contributed by atoms with Gasteiger partial charge in [0.15, 0.2) is 5.11 Å². The molecule has 0 bridgehead atoms. The first-order chi connectivity index (χ1) is 10.8. The molecule has 0 atom stereocenters. The van der Waals surface area contributed by atoms with Crippen LogP contribution in [0.2, 0.25) is 0 Å². The van der Waals surface area contributed by atoms with Crippen LogP contribution in [0.4, 0.5) is 0 Å². The molecule has 0 spiro atoms. The Bertz CT molecular complexity index is 464. The Kier molecular flexibility index (Phi) is 7.42. The lowest BCUT2D eigenvalue weighted by Gasteiger charge is -2.26. The number of nitrogens with zero attached hydrogens (tertiary/aromatic N) is 1. The molecule has 1 aromatic carbocycles. The monoisotopic (exact) mass is 323 g/mol. The summed E-state index contributed by atoms with van der Waals surface area (Å²) in [5, 5.41) is 7.17. The fourth-order valence-electron chi connectivity index (χ4n) is 2.36. The molecule has 22 heavy (non-hydrogen) atoms. The Morgan fingerprint density at radius 1 is 1.32 bits per heavy atom. The van der Waals surface area contributed by atoms with E-state index in [2.05, 4.69) is 21.6 Å². The molecule has 0 aromatic heterocycles. The van der Waals surface area contributed by atoms with Crippen LogP contribution >= 0.6 is 12.2 Å². The van der Waals surface area contributed by atoms with Gasteiger partial charge in [-0.25, -0.2) is 0 Å². The highest BCUT2D eigenvalue weighted by molar-refractivity contribution is 7.80. The van der Waals surface area contributed by atoms with E-state index in [1.807, 2.05) is 18.2 Å². The number of hydrogen-bond donors (Lipinski definition) is 2. The van der Waals surface area contributed by atoms with E-state index in [9.17, 15) is 0 Å². The van der Waals surface area contributed by atoms with E-state index in [1.165, 1.54) is 0 Å².